The third-order valence-corrected chi connectivity index (χ3v) is 7.13. The molecule has 182 valence electrons. The summed E-state index contributed by atoms with van der Waals surface area (Å²) < 4.78 is 25.4. The lowest BCUT2D eigenvalue weighted by Gasteiger charge is -2.40. The van der Waals surface area contributed by atoms with Gasteiger partial charge >= 0.3 is 6.03 Å². The summed E-state index contributed by atoms with van der Waals surface area (Å²) in [5.74, 6) is 1.29. The van der Waals surface area contributed by atoms with Crippen molar-refractivity contribution in [3.05, 3.63) is 53.8 Å². The number of carbonyl (C=O) groups excluding carboxylic acids is 1. The molecule has 1 atom stereocenters. The Morgan fingerprint density at radius 2 is 1.76 bits per heavy atom. The molecule has 8 heteroatoms. The fourth-order valence-corrected chi connectivity index (χ4v) is 5.23. The minimum atomic E-state index is -0.190. The molecule has 2 aromatic rings. The SMILES string of the molecule is O=C(NCC(c1ccc2c(c1)OCO2)N1CCN(c2ccccc2F)CC1)NC1CCCCC1. The zero-order chi connectivity index (χ0) is 23.3. The highest BCUT2D eigenvalue weighted by atomic mass is 19.1. The largest absolute Gasteiger partial charge is 0.454 e. The lowest BCUT2D eigenvalue weighted by Crippen LogP contribution is -2.51. The van der Waals surface area contributed by atoms with Crippen LogP contribution in [-0.2, 0) is 0 Å². The number of rotatable bonds is 6. The second-order valence-electron chi connectivity index (χ2n) is 9.29. The van der Waals surface area contributed by atoms with Gasteiger partial charge in [0, 0.05) is 38.8 Å². The van der Waals surface area contributed by atoms with Crippen LogP contribution in [0.5, 0.6) is 11.5 Å². The van der Waals surface area contributed by atoms with E-state index in [2.05, 4.69) is 20.4 Å². The Hall–Kier alpha value is -3.00. The Morgan fingerprint density at radius 1 is 1.00 bits per heavy atom. The average molecular weight is 469 g/mol. The number of nitrogens with one attached hydrogen (secondary N) is 2. The van der Waals surface area contributed by atoms with Gasteiger partial charge in [-0.1, -0.05) is 37.5 Å². The summed E-state index contributed by atoms with van der Waals surface area (Å²) in [6, 6.07) is 13.0. The lowest BCUT2D eigenvalue weighted by atomic mass is 9.96. The van der Waals surface area contributed by atoms with Crippen molar-refractivity contribution in [2.45, 2.75) is 44.2 Å². The number of urea groups is 1. The number of benzene rings is 2. The minimum Gasteiger partial charge on any atom is -0.454 e. The van der Waals surface area contributed by atoms with E-state index in [-0.39, 0.29) is 30.7 Å². The molecule has 0 radical (unpaired) electrons. The first-order chi connectivity index (χ1) is 16.7. The van der Waals surface area contributed by atoms with Crippen LogP contribution in [0, 0.1) is 5.82 Å². The Morgan fingerprint density at radius 3 is 2.56 bits per heavy atom. The molecule has 2 heterocycles. The highest BCUT2D eigenvalue weighted by Gasteiger charge is 2.28. The highest BCUT2D eigenvalue weighted by Crippen LogP contribution is 2.36. The van der Waals surface area contributed by atoms with Crippen molar-refractivity contribution < 1.29 is 18.7 Å². The Labute approximate surface area is 200 Å². The van der Waals surface area contributed by atoms with Gasteiger partial charge in [-0.3, -0.25) is 4.90 Å². The molecule has 34 heavy (non-hydrogen) atoms. The van der Waals surface area contributed by atoms with Crippen molar-refractivity contribution in [1.82, 2.24) is 15.5 Å². The van der Waals surface area contributed by atoms with Crippen molar-refractivity contribution >= 4 is 11.7 Å². The number of hydrogen-bond acceptors (Lipinski definition) is 5. The van der Waals surface area contributed by atoms with E-state index in [0.717, 1.165) is 56.1 Å². The van der Waals surface area contributed by atoms with Crippen LogP contribution in [0.3, 0.4) is 0 Å². The highest BCUT2D eigenvalue weighted by molar-refractivity contribution is 5.74. The maximum absolute atomic E-state index is 14.3. The van der Waals surface area contributed by atoms with Gasteiger partial charge in [-0.15, -0.1) is 0 Å². The summed E-state index contributed by atoms with van der Waals surface area (Å²) in [4.78, 5) is 17.1. The molecule has 1 unspecified atom stereocenters. The molecule has 2 amide bonds. The summed E-state index contributed by atoms with van der Waals surface area (Å²) in [6.45, 7) is 3.68. The van der Waals surface area contributed by atoms with E-state index in [1.165, 1.54) is 25.3 Å². The normalized spacial score (nSPS) is 19.6. The molecule has 1 saturated carbocycles. The number of piperazine rings is 1. The summed E-state index contributed by atoms with van der Waals surface area (Å²) in [5, 5.41) is 6.25. The van der Waals surface area contributed by atoms with Crippen LogP contribution in [0.15, 0.2) is 42.5 Å². The molecule has 5 rings (SSSR count). The maximum Gasteiger partial charge on any atom is 0.315 e. The van der Waals surface area contributed by atoms with Crippen LogP contribution in [-0.4, -0.2) is 56.5 Å². The van der Waals surface area contributed by atoms with Gasteiger partial charge < -0.3 is 25.0 Å². The van der Waals surface area contributed by atoms with Crippen LogP contribution in [0.25, 0.3) is 0 Å². The van der Waals surface area contributed by atoms with Crippen molar-refractivity contribution in [1.29, 1.82) is 0 Å². The number of para-hydroxylation sites is 1. The molecule has 2 aromatic carbocycles. The average Bonchev–Trinajstić information content (AvgIpc) is 3.34. The molecule has 0 bridgehead atoms. The van der Waals surface area contributed by atoms with Gasteiger partial charge in [0.15, 0.2) is 11.5 Å². The fraction of sp³-hybridized carbons (Fsp3) is 0.500. The summed E-state index contributed by atoms with van der Waals surface area (Å²) in [5.41, 5.74) is 1.72. The number of nitrogens with zero attached hydrogens (tertiary/aromatic N) is 2. The van der Waals surface area contributed by atoms with Gasteiger partial charge in [-0.05, 0) is 42.7 Å². The van der Waals surface area contributed by atoms with Gasteiger partial charge in [-0.2, -0.15) is 0 Å². The minimum absolute atomic E-state index is 0.0191. The third-order valence-electron chi connectivity index (χ3n) is 7.13. The number of anilines is 1. The Kier molecular flexibility index (Phi) is 7.04. The quantitative estimate of drug-likeness (QED) is 0.670. The van der Waals surface area contributed by atoms with E-state index in [9.17, 15) is 9.18 Å². The van der Waals surface area contributed by atoms with Gasteiger partial charge in [0.1, 0.15) is 5.82 Å². The molecule has 2 N–H and O–H groups in total. The first-order valence-electron chi connectivity index (χ1n) is 12.3. The second-order valence-corrected chi connectivity index (χ2v) is 9.29. The monoisotopic (exact) mass is 468 g/mol. The zero-order valence-electron chi connectivity index (χ0n) is 19.5. The van der Waals surface area contributed by atoms with E-state index >= 15 is 0 Å². The van der Waals surface area contributed by atoms with E-state index in [1.807, 2.05) is 30.3 Å². The topological polar surface area (TPSA) is 66.1 Å². The molecular formula is C26H33FN4O3. The van der Waals surface area contributed by atoms with Crippen molar-refractivity contribution in [2.75, 3.05) is 44.4 Å². The molecule has 1 saturated heterocycles. The molecule has 0 spiro atoms. The Bertz CT molecular complexity index is 990. The summed E-state index contributed by atoms with van der Waals surface area (Å²) >= 11 is 0. The number of carbonyl (C=O) groups is 1. The van der Waals surface area contributed by atoms with Crippen molar-refractivity contribution in [3.63, 3.8) is 0 Å². The van der Waals surface area contributed by atoms with E-state index in [1.54, 1.807) is 6.07 Å². The number of amides is 2. The van der Waals surface area contributed by atoms with Crippen LogP contribution < -0.4 is 25.0 Å². The van der Waals surface area contributed by atoms with Crippen molar-refractivity contribution in [2.24, 2.45) is 0 Å². The van der Waals surface area contributed by atoms with Gasteiger partial charge in [0.25, 0.3) is 0 Å². The lowest BCUT2D eigenvalue weighted by molar-refractivity contribution is 0.172. The number of halogens is 1. The van der Waals surface area contributed by atoms with Gasteiger partial charge in [0.2, 0.25) is 6.79 Å². The van der Waals surface area contributed by atoms with E-state index < -0.39 is 0 Å². The maximum atomic E-state index is 14.3. The first kappa shape index (κ1) is 22.8. The molecule has 3 aliphatic rings. The third kappa shape index (κ3) is 5.22. The van der Waals surface area contributed by atoms with Crippen LogP contribution in [0.2, 0.25) is 0 Å². The number of fused-ring (bicyclic) bond motifs is 1. The standard InChI is InChI=1S/C26H33FN4O3/c27-21-8-4-5-9-22(21)30-12-14-31(15-13-30)23(19-10-11-24-25(16-19)34-18-33-24)17-28-26(32)29-20-6-2-1-3-7-20/h4-5,8-11,16,20,23H,1-3,6-7,12-15,17-18H2,(H2,28,29,32). The molecule has 0 aromatic heterocycles. The Balaban J connectivity index is 1.26. The smallest absolute Gasteiger partial charge is 0.315 e. The van der Waals surface area contributed by atoms with Gasteiger partial charge in [-0.25, -0.2) is 9.18 Å². The summed E-state index contributed by atoms with van der Waals surface area (Å²) in [7, 11) is 0. The summed E-state index contributed by atoms with van der Waals surface area (Å²) in [6.07, 6.45) is 5.72. The van der Waals surface area contributed by atoms with Crippen molar-refractivity contribution in [3.8, 4) is 11.5 Å². The number of hydrogen-bond donors (Lipinski definition) is 2. The van der Waals surface area contributed by atoms with E-state index in [4.69, 9.17) is 9.47 Å². The molecule has 7 nitrogen and oxygen atoms in total. The predicted molar refractivity (Wildman–Crippen MR) is 129 cm³/mol. The molecule has 1 aliphatic carbocycles. The first-order valence-corrected chi connectivity index (χ1v) is 12.3. The van der Waals surface area contributed by atoms with Crippen LogP contribution in [0.1, 0.15) is 43.7 Å². The van der Waals surface area contributed by atoms with Crippen LogP contribution >= 0.6 is 0 Å². The van der Waals surface area contributed by atoms with Crippen LogP contribution in [0.4, 0.5) is 14.9 Å². The molecule has 2 aliphatic heterocycles. The molecular weight excluding hydrogens is 435 g/mol. The molecule has 2 fully saturated rings. The zero-order valence-corrected chi connectivity index (χ0v) is 19.5. The number of ether oxygens (including phenoxy) is 2. The van der Waals surface area contributed by atoms with Gasteiger partial charge in [0.05, 0.1) is 11.7 Å². The fourth-order valence-electron chi connectivity index (χ4n) is 5.23. The second kappa shape index (κ2) is 10.5. The predicted octanol–water partition coefficient (Wildman–Crippen LogP) is 4.05. The van der Waals surface area contributed by atoms with E-state index in [0.29, 0.717) is 12.2 Å².